The smallest absolute Gasteiger partial charge is 0.228 e. The number of thiazole rings is 1. The zero-order valence-electron chi connectivity index (χ0n) is 11.5. The molecule has 3 heterocycles. The highest BCUT2D eigenvalue weighted by Crippen LogP contribution is 2.20. The number of carbonyl (C=O) groups excluding carboxylic acids is 1. The summed E-state index contributed by atoms with van der Waals surface area (Å²) in [6.45, 7) is 3.61. The van der Waals surface area contributed by atoms with Crippen LogP contribution in [0.15, 0.2) is 23.8 Å². The monoisotopic (exact) mass is 290 g/mol. The summed E-state index contributed by atoms with van der Waals surface area (Å²) in [6.07, 6.45) is 6.28. The van der Waals surface area contributed by atoms with E-state index in [-0.39, 0.29) is 11.9 Å². The molecule has 0 aromatic carbocycles. The number of likely N-dealkylation sites (tertiary alicyclic amines) is 1. The minimum atomic E-state index is 0.185. The summed E-state index contributed by atoms with van der Waals surface area (Å²) >= 11 is 1.60. The molecule has 106 valence electrons. The fraction of sp³-hybridized carbons (Fsp3) is 0.500. The van der Waals surface area contributed by atoms with E-state index >= 15 is 0 Å². The van der Waals surface area contributed by atoms with Crippen LogP contribution in [0.4, 0.5) is 0 Å². The Hall–Kier alpha value is -1.69. The first-order chi connectivity index (χ1) is 9.72. The van der Waals surface area contributed by atoms with E-state index in [9.17, 15) is 4.79 Å². The fourth-order valence-corrected chi connectivity index (χ4v) is 3.34. The molecule has 1 amide bonds. The first-order valence-electron chi connectivity index (χ1n) is 6.90. The van der Waals surface area contributed by atoms with Crippen molar-refractivity contribution < 1.29 is 4.79 Å². The lowest BCUT2D eigenvalue weighted by Gasteiger charge is -2.24. The summed E-state index contributed by atoms with van der Waals surface area (Å²) in [4.78, 5) is 18.8. The normalized spacial score (nSPS) is 18.6. The van der Waals surface area contributed by atoms with Crippen molar-refractivity contribution in [2.75, 3.05) is 6.54 Å². The van der Waals surface area contributed by atoms with E-state index in [2.05, 4.69) is 10.1 Å². The highest BCUT2D eigenvalue weighted by Gasteiger charge is 2.29. The highest BCUT2D eigenvalue weighted by molar-refractivity contribution is 7.09. The Balaban J connectivity index is 1.64. The third-order valence-electron chi connectivity index (χ3n) is 3.65. The maximum Gasteiger partial charge on any atom is 0.228 e. The highest BCUT2D eigenvalue weighted by atomic mass is 32.1. The first kappa shape index (κ1) is 13.3. The molecule has 0 radical (unpaired) electrons. The number of aromatic nitrogens is 3. The molecule has 1 aliphatic rings. The molecule has 1 atom stereocenters. The molecule has 0 unspecified atom stereocenters. The van der Waals surface area contributed by atoms with Gasteiger partial charge in [-0.1, -0.05) is 0 Å². The second kappa shape index (κ2) is 5.75. The lowest BCUT2D eigenvalue weighted by molar-refractivity contribution is -0.131. The lowest BCUT2D eigenvalue weighted by atomic mass is 10.2. The molecule has 0 bridgehead atoms. The number of amides is 1. The number of nitrogens with zero attached hydrogens (tertiary/aromatic N) is 4. The number of carbonyl (C=O) groups is 1. The average Bonchev–Trinajstić information content (AvgIpc) is 3.12. The van der Waals surface area contributed by atoms with Crippen LogP contribution in [0.5, 0.6) is 0 Å². The average molecular weight is 290 g/mol. The van der Waals surface area contributed by atoms with Gasteiger partial charge >= 0.3 is 0 Å². The van der Waals surface area contributed by atoms with E-state index in [1.807, 2.05) is 34.1 Å². The van der Waals surface area contributed by atoms with Gasteiger partial charge in [-0.2, -0.15) is 5.10 Å². The van der Waals surface area contributed by atoms with Crippen molar-refractivity contribution in [1.29, 1.82) is 0 Å². The Morgan fingerprint density at radius 3 is 3.15 bits per heavy atom. The number of hydrogen-bond acceptors (Lipinski definition) is 4. The van der Waals surface area contributed by atoms with Crippen LogP contribution in [0.2, 0.25) is 0 Å². The predicted molar refractivity (Wildman–Crippen MR) is 77.5 cm³/mol. The van der Waals surface area contributed by atoms with E-state index in [0.717, 1.165) is 36.6 Å². The zero-order valence-corrected chi connectivity index (χ0v) is 12.3. The summed E-state index contributed by atoms with van der Waals surface area (Å²) < 4.78 is 1.91. The summed E-state index contributed by atoms with van der Waals surface area (Å²) in [6, 6.07) is 2.18. The Morgan fingerprint density at radius 1 is 1.55 bits per heavy atom. The fourth-order valence-electron chi connectivity index (χ4n) is 2.72. The van der Waals surface area contributed by atoms with E-state index in [0.29, 0.717) is 6.42 Å². The molecular weight excluding hydrogens is 272 g/mol. The van der Waals surface area contributed by atoms with E-state index in [1.54, 1.807) is 17.5 Å². The summed E-state index contributed by atoms with van der Waals surface area (Å²) in [5.74, 6) is 0.185. The van der Waals surface area contributed by atoms with Crippen LogP contribution in [0, 0.1) is 6.92 Å². The standard InChI is InChI=1S/C14H18N4OS/c1-11-16-12(10-20-11)8-14(19)18-7-2-4-13(18)9-17-6-3-5-15-17/h3,5-6,10,13H,2,4,7-9H2,1H3/t13-/m1/s1. The van der Waals surface area contributed by atoms with Gasteiger partial charge in [-0.3, -0.25) is 9.48 Å². The molecular formula is C14H18N4OS. The zero-order chi connectivity index (χ0) is 13.9. The van der Waals surface area contributed by atoms with Gasteiger partial charge in [0.05, 0.1) is 29.7 Å². The van der Waals surface area contributed by atoms with Crippen molar-refractivity contribution in [2.24, 2.45) is 0 Å². The minimum absolute atomic E-state index is 0.185. The maximum absolute atomic E-state index is 12.4. The molecule has 3 rings (SSSR count). The third-order valence-corrected chi connectivity index (χ3v) is 4.48. The Labute approximate surface area is 122 Å². The molecule has 1 fully saturated rings. The van der Waals surface area contributed by atoms with E-state index in [1.165, 1.54) is 0 Å². The molecule has 2 aromatic rings. The largest absolute Gasteiger partial charge is 0.338 e. The van der Waals surface area contributed by atoms with Gasteiger partial charge in [0.1, 0.15) is 0 Å². The third kappa shape index (κ3) is 2.90. The molecule has 5 nitrogen and oxygen atoms in total. The predicted octanol–water partition coefficient (Wildman–Crippen LogP) is 1.88. The number of hydrogen-bond donors (Lipinski definition) is 0. The van der Waals surface area contributed by atoms with E-state index < -0.39 is 0 Å². The SMILES string of the molecule is Cc1nc(CC(=O)N2CCC[C@@H]2Cn2cccn2)cs1. The van der Waals surface area contributed by atoms with Gasteiger partial charge in [-0.25, -0.2) is 4.98 Å². The van der Waals surface area contributed by atoms with Crippen LogP contribution in [-0.2, 0) is 17.8 Å². The van der Waals surface area contributed by atoms with Gasteiger partial charge in [0.25, 0.3) is 0 Å². The van der Waals surface area contributed by atoms with Crippen LogP contribution in [0.3, 0.4) is 0 Å². The lowest BCUT2D eigenvalue weighted by Crippen LogP contribution is -2.39. The van der Waals surface area contributed by atoms with Crippen molar-refractivity contribution in [3.05, 3.63) is 34.5 Å². The van der Waals surface area contributed by atoms with Gasteiger partial charge in [-0.05, 0) is 25.8 Å². The maximum atomic E-state index is 12.4. The van der Waals surface area contributed by atoms with Crippen LogP contribution in [0.1, 0.15) is 23.5 Å². The second-order valence-electron chi connectivity index (χ2n) is 5.15. The molecule has 6 heteroatoms. The first-order valence-corrected chi connectivity index (χ1v) is 7.78. The van der Waals surface area contributed by atoms with Crippen molar-refractivity contribution in [3.8, 4) is 0 Å². The van der Waals surface area contributed by atoms with Crippen molar-refractivity contribution in [3.63, 3.8) is 0 Å². The van der Waals surface area contributed by atoms with Crippen LogP contribution >= 0.6 is 11.3 Å². The van der Waals surface area contributed by atoms with Crippen LogP contribution in [0.25, 0.3) is 0 Å². The quantitative estimate of drug-likeness (QED) is 0.864. The van der Waals surface area contributed by atoms with Crippen LogP contribution in [-0.4, -0.2) is 38.2 Å². The van der Waals surface area contributed by atoms with Crippen molar-refractivity contribution in [2.45, 2.75) is 38.8 Å². The Kier molecular flexibility index (Phi) is 3.82. The molecule has 0 spiro atoms. The van der Waals surface area contributed by atoms with Gasteiger partial charge in [0.15, 0.2) is 0 Å². The molecule has 1 saturated heterocycles. The minimum Gasteiger partial charge on any atom is -0.338 e. The second-order valence-corrected chi connectivity index (χ2v) is 6.21. The number of rotatable bonds is 4. The molecule has 0 N–H and O–H groups in total. The molecule has 20 heavy (non-hydrogen) atoms. The van der Waals surface area contributed by atoms with Crippen LogP contribution < -0.4 is 0 Å². The van der Waals surface area contributed by atoms with E-state index in [4.69, 9.17) is 0 Å². The Morgan fingerprint density at radius 2 is 2.45 bits per heavy atom. The Bertz CT molecular complexity index is 578. The summed E-state index contributed by atoms with van der Waals surface area (Å²) in [5.41, 5.74) is 0.891. The van der Waals surface area contributed by atoms with Crippen molar-refractivity contribution in [1.82, 2.24) is 19.7 Å². The topological polar surface area (TPSA) is 51.0 Å². The summed E-state index contributed by atoms with van der Waals surface area (Å²) in [5, 5.41) is 7.22. The molecule has 1 aliphatic heterocycles. The number of aryl methyl sites for hydroxylation is 1. The van der Waals surface area contributed by atoms with Gasteiger partial charge in [0, 0.05) is 24.3 Å². The van der Waals surface area contributed by atoms with Gasteiger partial charge < -0.3 is 4.90 Å². The molecule has 0 aliphatic carbocycles. The van der Waals surface area contributed by atoms with Gasteiger partial charge in [0.2, 0.25) is 5.91 Å². The molecule has 0 saturated carbocycles. The summed E-state index contributed by atoms with van der Waals surface area (Å²) in [7, 11) is 0. The molecule has 2 aromatic heterocycles. The van der Waals surface area contributed by atoms with Crippen molar-refractivity contribution >= 4 is 17.2 Å². The van der Waals surface area contributed by atoms with Gasteiger partial charge in [-0.15, -0.1) is 11.3 Å².